The highest BCUT2D eigenvalue weighted by molar-refractivity contribution is 6.42. The van der Waals surface area contributed by atoms with Crippen molar-refractivity contribution in [2.45, 2.75) is 18.9 Å². The van der Waals surface area contributed by atoms with E-state index in [0.29, 0.717) is 10.0 Å². The summed E-state index contributed by atoms with van der Waals surface area (Å²) in [5, 5.41) is 4.68. The lowest BCUT2D eigenvalue weighted by atomic mass is 9.99. The van der Waals surface area contributed by atoms with Crippen molar-refractivity contribution < 1.29 is 0 Å². The van der Waals surface area contributed by atoms with Crippen LogP contribution in [0.25, 0.3) is 0 Å². The molecule has 3 rings (SSSR count). The first-order chi connectivity index (χ1) is 11.2. The SMILES string of the molecule is Clc1ccc(C(Cc2ccccn2)N2CCCNCC2)cc1Cl. The van der Waals surface area contributed by atoms with E-state index in [2.05, 4.69) is 27.3 Å². The number of benzene rings is 1. The number of pyridine rings is 1. The number of halogens is 2. The highest BCUT2D eigenvalue weighted by atomic mass is 35.5. The predicted octanol–water partition coefficient (Wildman–Crippen LogP) is 3.97. The van der Waals surface area contributed by atoms with Gasteiger partial charge >= 0.3 is 0 Å². The monoisotopic (exact) mass is 349 g/mol. The molecule has 1 unspecified atom stereocenters. The number of aromatic nitrogens is 1. The topological polar surface area (TPSA) is 28.2 Å². The molecule has 23 heavy (non-hydrogen) atoms. The van der Waals surface area contributed by atoms with Gasteiger partial charge in [-0.15, -0.1) is 0 Å². The zero-order valence-corrected chi connectivity index (χ0v) is 14.5. The summed E-state index contributed by atoms with van der Waals surface area (Å²) >= 11 is 12.3. The fourth-order valence-electron chi connectivity index (χ4n) is 3.07. The fourth-order valence-corrected chi connectivity index (χ4v) is 3.38. The van der Waals surface area contributed by atoms with Crippen LogP contribution in [0.5, 0.6) is 0 Å². The third-order valence-corrected chi connectivity index (χ3v) is 5.01. The van der Waals surface area contributed by atoms with Gasteiger partial charge in [-0.05, 0) is 42.8 Å². The van der Waals surface area contributed by atoms with E-state index in [0.717, 1.165) is 44.7 Å². The lowest BCUT2D eigenvalue weighted by Crippen LogP contribution is -2.33. The molecule has 5 heteroatoms. The summed E-state index contributed by atoms with van der Waals surface area (Å²) in [4.78, 5) is 7.02. The second kappa shape index (κ2) is 8.11. The van der Waals surface area contributed by atoms with Crippen molar-refractivity contribution in [1.82, 2.24) is 15.2 Å². The minimum absolute atomic E-state index is 0.263. The van der Waals surface area contributed by atoms with E-state index in [1.165, 1.54) is 5.56 Å². The van der Waals surface area contributed by atoms with Crippen molar-refractivity contribution >= 4 is 23.2 Å². The fraction of sp³-hybridized carbons (Fsp3) is 0.389. The third kappa shape index (κ3) is 4.45. The Morgan fingerprint density at radius 2 is 2.00 bits per heavy atom. The molecule has 3 nitrogen and oxygen atoms in total. The molecule has 1 aliphatic heterocycles. The molecule has 1 N–H and O–H groups in total. The molecule has 1 saturated heterocycles. The lowest BCUT2D eigenvalue weighted by Gasteiger charge is -2.31. The molecule has 0 saturated carbocycles. The summed E-state index contributed by atoms with van der Waals surface area (Å²) in [5.74, 6) is 0. The summed E-state index contributed by atoms with van der Waals surface area (Å²) in [7, 11) is 0. The van der Waals surface area contributed by atoms with Crippen molar-refractivity contribution in [3.05, 3.63) is 63.9 Å². The number of rotatable bonds is 4. The molecule has 1 atom stereocenters. The van der Waals surface area contributed by atoms with E-state index in [1.807, 2.05) is 30.5 Å². The minimum Gasteiger partial charge on any atom is -0.315 e. The van der Waals surface area contributed by atoms with Crippen molar-refractivity contribution in [3.8, 4) is 0 Å². The maximum atomic E-state index is 6.25. The Morgan fingerprint density at radius 3 is 2.78 bits per heavy atom. The third-order valence-electron chi connectivity index (χ3n) is 4.27. The quantitative estimate of drug-likeness (QED) is 0.905. The maximum absolute atomic E-state index is 6.25. The molecule has 0 spiro atoms. The summed E-state index contributed by atoms with van der Waals surface area (Å²) in [6.07, 6.45) is 3.88. The summed E-state index contributed by atoms with van der Waals surface area (Å²) in [5.41, 5.74) is 2.30. The van der Waals surface area contributed by atoms with Crippen LogP contribution in [0.2, 0.25) is 10.0 Å². The zero-order chi connectivity index (χ0) is 16.1. The Balaban J connectivity index is 1.89. The van der Waals surface area contributed by atoms with Crippen LogP contribution in [0.4, 0.5) is 0 Å². The van der Waals surface area contributed by atoms with Crippen LogP contribution in [-0.2, 0) is 6.42 Å². The van der Waals surface area contributed by atoms with Crippen LogP contribution >= 0.6 is 23.2 Å². The van der Waals surface area contributed by atoms with Crippen molar-refractivity contribution in [1.29, 1.82) is 0 Å². The first-order valence-electron chi connectivity index (χ1n) is 8.03. The van der Waals surface area contributed by atoms with Gasteiger partial charge in [-0.2, -0.15) is 0 Å². The van der Waals surface area contributed by atoms with Crippen LogP contribution < -0.4 is 5.32 Å². The first-order valence-corrected chi connectivity index (χ1v) is 8.79. The van der Waals surface area contributed by atoms with Crippen LogP contribution in [0.15, 0.2) is 42.6 Å². The molecule has 0 radical (unpaired) electrons. The molecular formula is C18H21Cl2N3. The second-order valence-corrected chi connectivity index (χ2v) is 6.67. The number of hydrogen-bond donors (Lipinski definition) is 1. The Bertz CT molecular complexity index is 625. The van der Waals surface area contributed by atoms with Crippen LogP contribution in [-0.4, -0.2) is 36.1 Å². The smallest absolute Gasteiger partial charge is 0.0595 e. The molecule has 0 aliphatic carbocycles. The van der Waals surface area contributed by atoms with E-state index in [9.17, 15) is 0 Å². The first kappa shape index (κ1) is 16.7. The highest BCUT2D eigenvalue weighted by Gasteiger charge is 2.22. The van der Waals surface area contributed by atoms with Crippen LogP contribution in [0.1, 0.15) is 23.7 Å². The number of nitrogens with zero attached hydrogens (tertiary/aromatic N) is 2. The summed E-state index contributed by atoms with van der Waals surface area (Å²) in [6.45, 7) is 4.19. The van der Waals surface area contributed by atoms with Gasteiger partial charge in [0.15, 0.2) is 0 Å². The molecule has 1 aliphatic rings. The van der Waals surface area contributed by atoms with E-state index in [-0.39, 0.29) is 6.04 Å². The molecule has 0 amide bonds. The van der Waals surface area contributed by atoms with Crippen molar-refractivity contribution in [2.75, 3.05) is 26.2 Å². The Kier molecular flexibility index (Phi) is 5.90. The molecule has 122 valence electrons. The molecule has 1 aromatic carbocycles. The predicted molar refractivity (Wildman–Crippen MR) is 96.2 cm³/mol. The average Bonchev–Trinajstić information content (AvgIpc) is 2.85. The second-order valence-electron chi connectivity index (χ2n) is 5.85. The van der Waals surface area contributed by atoms with Gasteiger partial charge in [0.2, 0.25) is 0 Å². The number of nitrogens with one attached hydrogen (secondary N) is 1. The average molecular weight is 350 g/mol. The molecule has 0 bridgehead atoms. The Morgan fingerprint density at radius 1 is 1.09 bits per heavy atom. The van der Waals surface area contributed by atoms with Gasteiger partial charge in [0.05, 0.1) is 10.0 Å². The number of hydrogen-bond acceptors (Lipinski definition) is 3. The molecular weight excluding hydrogens is 329 g/mol. The highest BCUT2D eigenvalue weighted by Crippen LogP contribution is 2.30. The van der Waals surface area contributed by atoms with Gasteiger partial charge in [0.25, 0.3) is 0 Å². The van der Waals surface area contributed by atoms with E-state index < -0.39 is 0 Å². The Hall–Kier alpha value is -1.13. The standard InChI is InChI=1S/C18H21Cl2N3/c19-16-6-5-14(12-17(16)20)18(13-15-4-1-2-8-22-15)23-10-3-7-21-9-11-23/h1-2,4-6,8,12,18,21H,3,7,9-11,13H2. The van der Waals surface area contributed by atoms with E-state index >= 15 is 0 Å². The van der Waals surface area contributed by atoms with Gasteiger partial charge in [0.1, 0.15) is 0 Å². The van der Waals surface area contributed by atoms with Gasteiger partial charge in [0, 0.05) is 44.0 Å². The van der Waals surface area contributed by atoms with E-state index in [4.69, 9.17) is 23.2 Å². The van der Waals surface area contributed by atoms with Gasteiger partial charge < -0.3 is 5.32 Å². The zero-order valence-electron chi connectivity index (χ0n) is 13.0. The van der Waals surface area contributed by atoms with Gasteiger partial charge in [-0.1, -0.05) is 35.3 Å². The van der Waals surface area contributed by atoms with Gasteiger partial charge in [-0.3, -0.25) is 9.88 Å². The largest absolute Gasteiger partial charge is 0.315 e. The summed E-state index contributed by atoms with van der Waals surface area (Å²) in [6, 6.07) is 12.3. The maximum Gasteiger partial charge on any atom is 0.0595 e. The van der Waals surface area contributed by atoms with Crippen LogP contribution in [0.3, 0.4) is 0 Å². The van der Waals surface area contributed by atoms with Gasteiger partial charge in [-0.25, -0.2) is 0 Å². The van der Waals surface area contributed by atoms with Crippen molar-refractivity contribution in [3.63, 3.8) is 0 Å². The minimum atomic E-state index is 0.263. The summed E-state index contributed by atoms with van der Waals surface area (Å²) < 4.78 is 0. The molecule has 1 aromatic heterocycles. The molecule has 2 aromatic rings. The van der Waals surface area contributed by atoms with Crippen LogP contribution in [0, 0.1) is 0 Å². The molecule has 2 heterocycles. The molecule has 1 fully saturated rings. The Labute approximate surface area is 147 Å². The van der Waals surface area contributed by atoms with E-state index in [1.54, 1.807) is 0 Å². The van der Waals surface area contributed by atoms with Crippen molar-refractivity contribution in [2.24, 2.45) is 0 Å². The normalized spacial score (nSPS) is 17.7. The lowest BCUT2D eigenvalue weighted by molar-refractivity contribution is 0.208.